The van der Waals surface area contributed by atoms with Gasteiger partial charge in [-0.2, -0.15) is 0 Å². The summed E-state index contributed by atoms with van der Waals surface area (Å²) in [6.45, 7) is 1.89. The van der Waals surface area contributed by atoms with Crippen LogP contribution in [0.4, 0.5) is 8.78 Å². The molecule has 0 aliphatic heterocycles. The van der Waals surface area contributed by atoms with Gasteiger partial charge in [0, 0.05) is 25.4 Å². The minimum absolute atomic E-state index is 0.164. The molecule has 1 heterocycles. The quantitative estimate of drug-likeness (QED) is 0.613. The van der Waals surface area contributed by atoms with E-state index in [1.165, 1.54) is 18.7 Å². The molecule has 0 bridgehead atoms. The van der Waals surface area contributed by atoms with E-state index >= 15 is 0 Å². The number of nitrogens with one attached hydrogen (secondary N) is 1. The number of nitrogens with zero attached hydrogens (tertiary/aromatic N) is 3. The van der Waals surface area contributed by atoms with Gasteiger partial charge in [-0.3, -0.25) is 4.79 Å². The number of aromatic nitrogens is 3. The molecule has 1 N–H and O–H groups in total. The lowest BCUT2D eigenvalue weighted by atomic mass is 10.3. The van der Waals surface area contributed by atoms with E-state index in [9.17, 15) is 13.6 Å². The van der Waals surface area contributed by atoms with Crippen LogP contribution in [0.1, 0.15) is 6.92 Å². The summed E-state index contributed by atoms with van der Waals surface area (Å²) in [7, 11) is 1.83. The summed E-state index contributed by atoms with van der Waals surface area (Å²) < 4.78 is 33.2. The molecule has 0 radical (unpaired) electrons. The second-order valence-corrected chi connectivity index (χ2v) is 5.76. The number of rotatable bonds is 7. The van der Waals surface area contributed by atoms with Crippen molar-refractivity contribution in [2.75, 3.05) is 12.3 Å². The van der Waals surface area contributed by atoms with Gasteiger partial charge in [0.25, 0.3) is 5.91 Å². The van der Waals surface area contributed by atoms with Crippen LogP contribution in [0.15, 0.2) is 29.7 Å². The second kappa shape index (κ2) is 7.91. The van der Waals surface area contributed by atoms with Crippen molar-refractivity contribution in [1.82, 2.24) is 20.1 Å². The van der Waals surface area contributed by atoms with E-state index in [0.717, 1.165) is 17.3 Å². The van der Waals surface area contributed by atoms with Crippen molar-refractivity contribution in [2.45, 2.75) is 18.2 Å². The highest BCUT2D eigenvalue weighted by Gasteiger charge is 2.16. The molecule has 2 rings (SSSR count). The van der Waals surface area contributed by atoms with Crippen molar-refractivity contribution in [1.29, 1.82) is 0 Å². The number of hydrogen-bond donors (Lipinski definition) is 1. The Balaban J connectivity index is 1.75. The van der Waals surface area contributed by atoms with Crippen LogP contribution in [0, 0.1) is 11.6 Å². The molecule has 6 nitrogen and oxygen atoms in total. The summed E-state index contributed by atoms with van der Waals surface area (Å²) >= 11 is 1.45. The number of ether oxygens (including phenoxy) is 1. The SMILES string of the molecule is CC(Oc1ccc(F)cc1F)C(=O)NCCSc1nncn1C. The molecule has 1 aromatic heterocycles. The van der Waals surface area contributed by atoms with E-state index in [-0.39, 0.29) is 11.7 Å². The summed E-state index contributed by atoms with van der Waals surface area (Å²) in [4.78, 5) is 11.9. The first-order valence-electron chi connectivity index (χ1n) is 6.83. The van der Waals surface area contributed by atoms with Crippen LogP contribution in [0.25, 0.3) is 0 Å². The highest BCUT2D eigenvalue weighted by atomic mass is 32.2. The van der Waals surface area contributed by atoms with Crippen LogP contribution >= 0.6 is 11.8 Å². The van der Waals surface area contributed by atoms with Crippen LogP contribution in [0.2, 0.25) is 0 Å². The molecule has 124 valence electrons. The third-order valence-corrected chi connectivity index (χ3v) is 3.91. The molecular formula is C14H16F2N4O2S. The lowest BCUT2D eigenvalue weighted by Gasteiger charge is -2.15. The molecule has 0 saturated carbocycles. The van der Waals surface area contributed by atoms with E-state index in [2.05, 4.69) is 15.5 Å². The van der Waals surface area contributed by atoms with Crippen molar-refractivity contribution in [3.63, 3.8) is 0 Å². The monoisotopic (exact) mass is 342 g/mol. The fraction of sp³-hybridized carbons (Fsp3) is 0.357. The fourth-order valence-corrected chi connectivity index (χ4v) is 2.42. The second-order valence-electron chi connectivity index (χ2n) is 4.70. The number of amides is 1. The Labute approximate surface area is 136 Å². The first-order chi connectivity index (χ1) is 11.0. The average molecular weight is 342 g/mol. The van der Waals surface area contributed by atoms with Gasteiger partial charge in [-0.25, -0.2) is 8.78 Å². The highest BCUT2D eigenvalue weighted by Crippen LogP contribution is 2.19. The fourth-order valence-electron chi connectivity index (χ4n) is 1.68. The van der Waals surface area contributed by atoms with E-state index in [1.54, 1.807) is 10.9 Å². The zero-order chi connectivity index (χ0) is 16.8. The number of aryl methyl sites for hydroxylation is 1. The Bertz CT molecular complexity index is 681. The van der Waals surface area contributed by atoms with Crippen LogP contribution < -0.4 is 10.1 Å². The summed E-state index contributed by atoms with van der Waals surface area (Å²) in [6, 6.07) is 2.93. The summed E-state index contributed by atoms with van der Waals surface area (Å²) in [5, 5.41) is 11.1. The molecule has 0 aliphatic carbocycles. The lowest BCUT2D eigenvalue weighted by molar-refractivity contribution is -0.127. The normalized spacial score (nSPS) is 12.0. The van der Waals surface area contributed by atoms with Gasteiger partial charge in [-0.15, -0.1) is 10.2 Å². The van der Waals surface area contributed by atoms with Crippen LogP contribution in [-0.4, -0.2) is 39.1 Å². The third-order valence-electron chi connectivity index (χ3n) is 2.87. The topological polar surface area (TPSA) is 69.0 Å². The Hall–Kier alpha value is -2.16. The first kappa shape index (κ1) is 17.2. The molecule has 0 spiro atoms. The van der Waals surface area contributed by atoms with Gasteiger partial charge < -0.3 is 14.6 Å². The summed E-state index contributed by atoms with van der Waals surface area (Å²) in [6.07, 6.45) is 0.698. The Morgan fingerprint density at radius 2 is 2.26 bits per heavy atom. The lowest BCUT2D eigenvalue weighted by Crippen LogP contribution is -2.37. The number of carbonyl (C=O) groups excluding carboxylic acids is 1. The zero-order valence-electron chi connectivity index (χ0n) is 12.6. The Morgan fingerprint density at radius 3 is 2.91 bits per heavy atom. The molecule has 1 unspecified atom stereocenters. The third kappa shape index (κ3) is 4.92. The van der Waals surface area contributed by atoms with Crippen LogP contribution in [-0.2, 0) is 11.8 Å². The van der Waals surface area contributed by atoms with E-state index in [1.807, 2.05) is 7.05 Å². The number of benzene rings is 1. The standard InChI is InChI=1S/C14H16F2N4O2S/c1-9(22-12-4-3-10(15)7-11(12)16)13(21)17-5-6-23-14-19-18-8-20(14)2/h3-4,7-9H,5-6H2,1-2H3,(H,17,21). The number of hydrogen-bond acceptors (Lipinski definition) is 5. The van der Waals surface area contributed by atoms with Crippen molar-refractivity contribution in [2.24, 2.45) is 7.05 Å². The van der Waals surface area contributed by atoms with Crippen molar-refractivity contribution < 1.29 is 18.3 Å². The van der Waals surface area contributed by atoms with Gasteiger partial charge in [0.05, 0.1) is 0 Å². The van der Waals surface area contributed by atoms with Gasteiger partial charge in [0.1, 0.15) is 12.1 Å². The first-order valence-corrected chi connectivity index (χ1v) is 7.82. The molecule has 0 saturated heterocycles. The van der Waals surface area contributed by atoms with Crippen LogP contribution in [0.5, 0.6) is 5.75 Å². The maximum Gasteiger partial charge on any atom is 0.260 e. The van der Waals surface area contributed by atoms with Gasteiger partial charge in [-0.1, -0.05) is 11.8 Å². The van der Waals surface area contributed by atoms with Gasteiger partial charge >= 0.3 is 0 Å². The predicted molar refractivity (Wildman–Crippen MR) is 81.2 cm³/mol. The maximum absolute atomic E-state index is 13.5. The number of thioether (sulfide) groups is 1. The highest BCUT2D eigenvalue weighted by molar-refractivity contribution is 7.99. The number of halogens is 2. The molecule has 0 fully saturated rings. The van der Waals surface area contributed by atoms with Crippen LogP contribution in [0.3, 0.4) is 0 Å². The minimum atomic E-state index is -0.894. The zero-order valence-corrected chi connectivity index (χ0v) is 13.4. The van der Waals surface area contributed by atoms with E-state index in [0.29, 0.717) is 18.4 Å². The van der Waals surface area contributed by atoms with Gasteiger partial charge in [0.2, 0.25) is 0 Å². The summed E-state index contributed by atoms with van der Waals surface area (Å²) in [5.74, 6) is -1.49. The Kier molecular flexibility index (Phi) is 5.91. The minimum Gasteiger partial charge on any atom is -0.478 e. The smallest absolute Gasteiger partial charge is 0.260 e. The van der Waals surface area contributed by atoms with E-state index < -0.39 is 17.7 Å². The van der Waals surface area contributed by atoms with Crippen molar-refractivity contribution >= 4 is 17.7 Å². The van der Waals surface area contributed by atoms with Crippen molar-refractivity contribution in [3.05, 3.63) is 36.2 Å². The molecule has 1 amide bonds. The molecule has 0 aliphatic rings. The molecule has 2 aromatic rings. The summed E-state index contributed by atoms with van der Waals surface area (Å²) in [5.41, 5.74) is 0. The maximum atomic E-state index is 13.5. The van der Waals surface area contributed by atoms with Gasteiger partial charge in [-0.05, 0) is 19.1 Å². The van der Waals surface area contributed by atoms with E-state index in [4.69, 9.17) is 4.74 Å². The van der Waals surface area contributed by atoms with Crippen molar-refractivity contribution in [3.8, 4) is 5.75 Å². The molecule has 1 atom stereocenters. The number of carbonyl (C=O) groups is 1. The van der Waals surface area contributed by atoms with Gasteiger partial charge in [0.15, 0.2) is 22.8 Å². The largest absolute Gasteiger partial charge is 0.478 e. The molecule has 23 heavy (non-hydrogen) atoms. The predicted octanol–water partition coefficient (Wildman–Crippen LogP) is 1.77. The molecular weight excluding hydrogens is 326 g/mol. The molecule has 9 heteroatoms. The molecule has 1 aromatic carbocycles. The average Bonchev–Trinajstić information content (AvgIpc) is 2.91. The Morgan fingerprint density at radius 1 is 1.48 bits per heavy atom.